The van der Waals surface area contributed by atoms with Gasteiger partial charge in [0, 0.05) is 37.5 Å². The predicted molar refractivity (Wildman–Crippen MR) is 67.5 cm³/mol. The largest absolute Gasteiger partial charge is 0.314 e. The van der Waals surface area contributed by atoms with E-state index in [1.54, 1.807) is 0 Å². The summed E-state index contributed by atoms with van der Waals surface area (Å²) in [6.07, 6.45) is 0.708. The van der Waals surface area contributed by atoms with E-state index < -0.39 is 9.84 Å². The summed E-state index contributed by atoms with van der Waals surface area (Å²) in [5, 5.41) is 3.28. The predicted octanol–water partition coefficient (Wildman–Crippen LogP) is 0.495. The van der Waals surface area contributed by atoms with E-state index in [0.717, 1.165) is 26.2 Å². The van der Waals surface area contributed by atoms with Crippen LogP contribution in [0.15, 0.2) is 0 Å². The normalized spacial score (nSPS) is 19.9. The van der Waals surface area contributed by atoms with Crippen molar-refractivity contribution in [3.63, 3.8) is 0 Å². The van der Waals surface area contributed by atoms with Crippen LogP contribution in [0.5, 0.6) is 0 Å². The monoisotopic (exact) mass is 248 g/mol. The number of hydrogen-bond donors (Lipinski definition) is 1. The first-order valence-corrected chi connectivity index (χ1v) is 7.86. The summed E-state index contributed by atoms with van der Waals surface area (Å²) in [4.78, 5) is 2.27. The fourth-order valence-electron chi connectivity index (χ4n) is 2.28. The second-order valence-corrected chi connectivity index (χ2v) is 7.33. The highest BCUT2D eigenvalue weighted by Crippen LogP contribution is 2.18. The van der Waals surface area contributed by atoms with Crippen molar-refractivity contribution < 1.29 is 8.42 Å². The molecule has 1 aliphatic heterocycles. The van der Waals surface area contributed by atoms with Crippen molar-refractivity contribution in [2.45, 2.75) is 32.7 Å². The Morgan fingerprint density at radius 3 is 2.31 bits per heavy atom. The zero-order valence-corrected chi connectivity index (χ0v) is 11.4. The van der Waals surface area contributed by atoms with E-state index in [1.807, 2.05) is 20.8 Å². The van der Waals surface area contributed by atoms with Crippen molar-refractivity contribution in [3.05, 3.63) is 0 Å². The minimum Gasteiger partial charge on any atom is -0.314 e. The number of piperazine rings is 1. The van der Waals surface area contributed by atoms with Gasteiger partial charge in [-0.3, -0.25) is 4.90 Å². The lowest BCUT2D eigenvalue weighted by Crippen LogP contribution is -2.56. The van der Waals surface area contributed by atoms with Crippen LogP contribution < -0.4 is 5.32 Å². The van der Waals surface area contributed by atoms with Crippen molar-refractivity contribution in [2.24, 2.45) is 0 Å². The highest BCUT2D eigenvalue weighted by Gasteiger charge is 2.32. The maximum atomic E-state index is 11.8. The lowest BCUT2D eigenvalue weighted by Gasteiger charge is -2.40. The molecule has 0 radical (unpaired) electrons. The number of rotatable bonds is 5. The molecule has 1 aliphatic rings. The third kappa shape index (κ3) is 4.03. The van der Waals surface area contributed by atoms with E-state index in [2.05, 4.69) is 10.2 Å². The second-order valence-electron chi connectivity index (χ2n) is 5.14. The minimum absolute atomic E-state index is 0.240. The standard InChI is InChI=1S/C11H24N2O2S/c1-4-9-16(14,15)10-11(2,3)13-7-5-12-6-8-13/h12H,4-10H2,1-3H3. The van der Waals surface area contributed by atoms with E-state index in [9.17, 15) is 8.42 Å². The van der Waals surface area contributed by atoms with Gasteiger partial charge < -0.3 is 5.32 Å². The van der Waals surface area contributed by atoms with Crippen molar-refractivity contribution in [1.29, 1.82) is 0 Å². The van der Waals surface area contributed by atoms with Crippen LogP contribution in [-0.2, 0) is 9.84 Å². The zero-order chi connectivity index (χ0) is 12.2. The molecule has 1 N–H and O–H groups in total. The minimum atomic E-state index is -2.90. The van der Waals surface area contributed by atoms with Crippen LogP contribution in [0.3, 0.4) is 0 Å². The number of sulfone groups is 1. The van der Waals surface area contributed by atoms with Gasteiger partial charge in [0.15, 0.2) is 9.84 Å². The summed E-state index contributed by atoms with van der Waals surface area (Å²) < 4.78 is 23.7. The summed E-state index contributed by atoms with van der Waals surface area (Å²) in [7, 11) is -2.90. The maximum absolute atomic E-state index is 11.8. The fourth-order valence-corrected chi connectivity index (χ4v) is 4.31. The Hall–Kier alpha value is -0.130. The van der Waals surface area contributed by atoms with E-state index in [0.29, 0.717) is 12.2 Å². The fraction of sp³-hybridized carbons (Fsp3) is 1.00. The van der Waals surface area contributed by atoms with Gasteiger partial charge in [-0.1, -0.05) is 6.92 Å². The Morgan fingerprint density at radius 1 is 1.25 bits per heavy atom. The van der Waals surface area contributed by atoms with Crippen molar-refractivity contribution in [2.75, 3.05) is 37.7 Å². The molecule has 0 aromatic carbocycles. The third-order valence-electron chi connectivity index (χ3n) is 3.06. The van der Waals surface area contributed by atoms with Crippen LogP contribution in [0.25, 0.3) is 0 Å². The highest BCUT2D eigenvalue weighted by molar-refractivity contribution is 7.91. The molecule has 0 aromatic heterocycles. The van der Waals surface area contributed by atoms with Crippen LogP contribution >= 0.6 is 0 Å². The summed E-state index contributed by atoms with van der Waals surface area (Å²) in [6.45, 7) is 9.77. The van der Waals surface area contributed by atoms with Crippen LogP contribution in [0.1, 0.15) is 27.2 Å². The van der Waals surface area contributed by atoms with Gasteiger partial charge in [0.05, 0.1) is 5.75 Å². The Balaban J connectivity index is 2.62. The van der Waals surface area contributed by atoms with Gasteiger partial charge >= 0.3 is 0 Å². The topological polar surface area (TPSA) is 49.4 Å². The Labute approximate surface area is 99.3 Å². The first-order valence-electron chi connectivity index (χ1n) is 6.03. The Kier molecular flexibility index (Phi) is 4.76. The van der Waals surface area contributed by atoms with E-state index in [1.165, 1.54) is 0 Å². The third-order valence-corrected chi connectivity index (χ3v) is 5.24. The van der Waals surface area contributed by atoms with Crippen LogP contribution in [0, 0.1) is 0 Å². The molecule has 1 saturated heterocycles. The van der Waals surface area contributed by atoms with Gasteiger partial charge in [0.1, 0.15) is 0 Å². The van der Waals surface area contributed by atoms with Crippen molar-refractivity contribution in [1.82, 2.24) is 10.2 Å². The van der Waals surface area contributed by atoms with Gasteiger partial charge in [-0.05, 0) is 20.3 Å². The van der Waals surface area contributed by atoms with Gasteiger partial charge in [0.25, 0.3) is 0 Å². The summed E-state index contributed by atoms with van der Waals surface area (Å²) in [5.41, 5.74) is -0.240. The number of hydrogen-bond acceptors (Lipinski definition) is 4. The van der Waals surface area contributed by atoms with Crippen molar-refractivity contribution >= 4 is 9.84 Å². The average molecular weight is 248 g/mol. The maximum Gasteiger partial charge on any atom is 0.152 e. The molecule has 4 nitrogen and oxygen atoms in total. The molecule has 1 rings (SSSR count). The van der Waals surface area contributed by atoms with Crippen LogP contribution in [0.4, 0.5) is 0 Å². The Morgan fingerprint density at radius 2 is 1.81 bits per heavy atom. The molecule has 96 valence electrons. The molecule has 1 fully saturated rings. The summed E-state index contributed by atoms with van der Waals surface area (Å²) >= 11 is 0. The molecular weight excluding hydrogens is 224 g/mol. The molecule has 0 amide bonds. The molecule has 5 heteroatoms. The summed E-state index contributed by atoms with van der Waals surface area (Å²) in [5.74, 6) is 0.580. The van der Waals surface area contributed by atoms with Crippen LogP contribution in [0.2, 0.25) is 0 Å². The molecule has 1 heterocycles. The van der Waals surface area contributed by atoms with Gasteiger partial charge in [-0.15, -0.1) is 0 Å². The molecule has 16 heavy (non-hydrogen) atoms. The molecule has 0 aliphatic carbocycles. The van der Waals surface area contributed by atoms with Gasteiger partial charge in [0.2, 0.25) is 0 Å². The quantitative estimate of drug-likeness (QED) is 0.769. The first kappa shape index (κ1) is 13.9. The Bertz CT molecular complexity index is 306. The number of nitrogens with zero attached hydrogens (tertiary/aromatic N) is 1. The molecule has 0 atom stereocenters. The van der Waals surface area contributed by atoms with Crippen LogP contribution in [-0.4, -0.2) is 56.5 Å². The van der Waals surface area contributed by atoms with Gasteiger partial charge in [-0.25, -0.2) is 8.42 Å². The SMILES string of the molecule is CCCS(=O)(=O)CC(C)(C)N1CCNCC1. The van der Waals surface area contributed by atoms with E-state index in [4.69, 9.17) is 0 Å². The van der Waals surface area contributed by atoms with E-state index >= 15 is 0 Å². The molecule has 0 bridgehead atoms. The summed E-state index contributed by atoms with van der Waals surface area (Å²) in [6, 6.07) is 0. The molecule has 0 unspecified atom stereocenters. The smallest absolute Gasteiger partial charge is 0.152 e. The zero-order valence-electron chi connectivity index (χ0n) is 10.6. The van der Waals surface area contributed by atoms with E-state index in [-0.39, 0.29) is 11.3 Å². The van der Waals surface area contributed by atoms with Crippen molar-refractivity contribution in [3.8, 4) is 0 Å². The molecule has 0 saturated carbocycles. The molecular formula is C11H24N2O2S. The molecule has 0 spiro atoms. The lowest BCUT2D eigenvalue weighted by molar-refractivity contribution is 0.121. The molecule has 0 aromatic rings. The first-order chi connectivity index (χ1) is 7.37. The number of nitrogens with one attached hydrogen (secondary N) is 1. The second kappa shape index (κ2) is 5.47. The highest BCUT2D eigenvalue weighted by atomic mass is 32.2. The lowest BCUT2D eigenvalue weighted by atomic mass is 10.1. The van der Waals surface area contributed by atoms with Gasteiger partial charge in [-0.2, -0.15) is 0 Å². The average Bonchev–Trinajstić information content (AvgIpc) is 2.17.